The molecule has 0 aliphatic carbocycles. The molecule has 112 valence electrons. The maximum absolute atomic E-state index is 13.7. The Kier molecular flexibility index (Phi) is 6.39. The fourth-order valence-corrected chi connectivity index (χ4v) is 2.08. The molecule has 6 heteroatoms. The predicted molar refractivity (Wildman–Crippen MR) is 77.1 cm³/mol. The lowest BCUT2D eigenvalue weighted by molar-refractivity contribution is -0.135. The number of carbonyl (C=O) groups is 1. The van der Waals surface area contributed by atoms with Gasteiger partial charge in [-0.15, -0.1) is 0 Å². The number of aliphatic hydroxyl groups excluding tert-OH is 1. The van der Waals surface area contributed by atoms with Crippen LogP contribution in [0.1, 0.15) is 12.5 Å². The quantitative estimate of drug-likeness (QED) is 0.871. The number of halogens is 2. The van der Waals surface area contributed by atoms with Crippen molar-refractivity contribution in [2.45, 2.75) is 19.5 Å². The Labute approximate surface area is 123 Å². The molecule has 0 aliphatic heterocycles. The number of nitrogens with zero attached hydrogens (tertiary/aromatic N) is 2. The smallest absolute Gasteiger partial charge is 0.239 e. The molecule has 1 aromatic rings. The van der Waals surface area contributed by atoms with Gasteiger partial charge in [0.15, 0.2) is 0 Å². The molecule has 4 nitrogen and oxygen atoms in total. The molecule has 1 atom stereocenters. The van der Waals surface area contributed by atoms with Crippen LogP contribution in [0.25, 0.3) is 0 Å². The summed E-state index contributed by atoms with van der Waals surface area (Å²) in [6.45, 7) is 2.25. The summed E-state index contributed by atoms with van der Waals surface area (Å²) in [5, 5.41) is 9.19. The van der Waals surface area contributed by atoms with Crippen molar-refractivity contribution in [2.24, 2.45) is 0 Å². The molecule has 0 spiro atoms. The largest absolute Gasteiger partial charge is 0.395 e. The first-order chi connectivity index (χ1) is 9.38. The van der Waals surface area contributed by atoms with E-state index >= 15 is 0 Å². The minimum atomic E-state index is -0.423. The highest BCUT2D eigenvalue weighted by atomic mass is 35.5. The zero-order valence-electron chi connectivity index (χ0n) is 11.9. The highest BCUT2D eigenvalue weighted by molar-refractivity contribution is 6.31. The van der Waals surface area contributed by atoms with E-state index in [1.165, 1.54) is 17.0 Å². The lowest BCUT2D eigenvalue weighted by atomic mass is 10.2. The van der Waals surface area contributed by atoms with Crippen LogP contribution >= 0.6 is 11.6 Å². The summed E-state index contributed by atoms with van der Waals surface area (Å²) in [5.41, 5.74) is 0.307. The zero-order valence-corrected chi connectivity index (χ0v) is 12.7. The van der Waals surface area contributed by atoms with Gasteiger partial charge in [0.05, 0.1) is 12.6 Å². The van der Waals surface area contributed by atoms with Crippen molar-refractivity contribution < 1.29 is 14.3 Å². The molecule has 20 heavy (non-hydrogen) atoms. The molecule has 0 fully saturated rings. The van der Waals surface area contributed by atoms with Gasteiger partial charge in [-0.3, -0.25) is 9.69 Å². The van der Waals surface area contributed by atoms with Gasteiger partial charge in [-0.2, -0.15) is 0 Å². The van der Waals surface area contributed by atoms with E-state index in [4.69, 9.17) is 16.7 Å². The summed E-state index contributed by atoms with van der Waals surface area (Å²) >= 11 is 5.95. The molecule has 0 saturated heterocycles. The molecule has 0 saturated carbocycles. The van der Waals surface area contributed by atoms with Crippen molar-refractivity contribution in [1.29, 1.82) is 0 Å². The summed E-state index contributed by atoms with van der Waals surface area (Å²) in [4.78, 5) is 15.4. The Balaban J connectivity index is 2.75. The summed E-state index contributed by atoms with van der Waals surface area (Å²) in [7, 11) is 3.36. The van der Waals surface area contributed by atoms with E-state index in [0.717, 1.165) is 0 Å². The number of rotatable bonds is 6. The van der Waals surface area contributed by atoms with Gasteiger partial charge in [0.1, 0.15) is 5.82 Å². The molecule has 1 unspecified atom stereocenters. The Bertz CT molecular complexity index is 450. The van der Waals surface area contributed by atoms with Gasteiger partial charge in [-0.25, -0.2) is 4.39 Å². The van der Waals surface area contributed by atoms with Crippen molar-refractivity contribution in [3.05, 3.63) is 34.6 Å². The van der Waals surface area contributed by atoms with E-state index in [9.17, 15) is 9.18 Å². The second-order valence-electron chi connectivity index (χ2n) is 4.77. The average molecular weight is 303 g/mol. The number of hydrogen-bond donors (Lipinski definition) is 1. The number of amides is 1. The Morgan fingerprint density at radius 2 is 2.10 bits per heavy atom. The van der Waals surface area contributed by atoms with Gasteiger partial charge in [-0.05, 0) is 26.1 Å². The van der Waals surface area contributed by atoms with Crippen LogP contribution in [0.2, 0.25) is 5.02 Å². The molecule has 1 N–H and O–H groups in total. The number of aliphatic hydroxyl groups is 1. The van der Waals surface area contributed by atoms with E-state index in [0.29, 0.717) is 17.1 Å². The zero-order chi connectivity index (χ0) is 15.3. The highest BCUT2D eigenvalue weighted by Crippen LogP contribution is 2.20. The topological polar surface area (TPSA) is 43.8 Å². The first-order valence-corrected chi connectivity index (χ1v) is 6.75. The molecule has 1 rings (SSSR count). The van der Waals surface area contributed by atoms with Crippen LogP contribution in [0.3, 0.4) is 0 Å². The van der Waals surface area contributed by atoms with Crippen molar-refractivity contribution in [1.82, 2.24) is 9.80 Å². The first kappa shape index (κ1) is 16.9. The molecule has 0 heterocycles. The Morgan fingerprint density at radius 3 is 2.65 bits per heavy atom. The molecular weight excluding hydrogens is 283 g/mol. The minimum absolute atomic E-state index is 0.0169. The lowest BCUT2D eigenvalue weighted by Crippen LogP contribution is -2.44. The van der Waals surface area contributed by atoms with E-state index in [-0.39, 0.29) is 19.1 Å². The fourth-order valence-electron chi connectivity index (χ4n) is 1.86. The van der Waals surface area contributed by atoms with Gasteiger partial charge < -0.3 is 10.0 Å². The second-order valence-corrected chi connectivity index (χ2v) is 5.18. The lowest BCUT2D eigenvalue weighted by Gasteiger charge is -2.28. The summed E-state index contributed by atoms with van der Waals surface area (Å²) in [6.07, 6.45) is 0. The third-order valence-electron chi connectivity index (χ3n) is 3.30. The second kappa shape index (κ2) is 7.57. The van der Waals surface area contributed by atoms with E-state index in [2.05, 4.69) is 0 Å². The third kappa shape index (κ3) is 4.16. The van der Waals surface area contributed by atoms with Crippen molar-refractivity contribution >= 4 is 17.5 Å². The summed E-state index contributed by atoms with van der Waals surface area (Å²) in [5.74, 6) is -0.575. The Hall–Kier alpha value is -1.17. The number of hydrogen-bond acceptors (Lipinski definition) is 3. The van der Waals surface area contributed by atoms with Gasteiger partial charge in [0, 0.05) is 30.7 Å². The van der Waals surface area contributed by atoms with Gasteiger partial charge in [-0.1, -0.05) is 17.7 Å². The molecule has 0 radical (unpaired) electrons. The van der Waals surface area contributed by atoms with Gasteiger partial charge in [0.2, 0.25) is 5.91 Å². The molecule has 1 amide bonds. The number of likely N-dealkylation sites (N-methyl/N-ethyl adjacent to an activating group) is 2. The van der Waals surface area contributed by atoms with Gasteiger partial charge in [0.25, 0.3) is 0 Å². The van der Waals surface area contributed by atoms with Crippen LogP contribution in [0.15, 0.2) is 18.2 Å². The average Bonchev–Trinajstić information content (AvgIpc) is 2.41. The van der Waals surface area contributed by atoms with E-state index in [1.807, 2.05) is 0 Å². The van der Waals surface area contributed by atoms with Crippen molar-refractivity contribution in [3.8, 4) is 0 Å². The third-order valence-corrected chi connectivity index (χ3v) is 3.66. The SMILES string of the molecule is CC(C(=O)N(C)Cc1c(F)cccc1Cl)N(C)CCO. The normalized spacial score (nSPS) is 12.6. The molecule has 0 aromatic heterocycles. The molecule has 0 aliphatic rings. The van der Waals surface area contributed by atoms with Crippen LogP contribution < -0.4 is 0 Å². The standard InChI is InChI=1S/C14H20ClFN2O2/c1-10(17(2)7-8-19)14(20)18(3)9-11-12(15)5-4-6-13(11)16/h4-6,10,19H,7-9H2,1-3H3. The monoisotopic (exact) mass is 302 g/mol. The molecular formula is C14H20ClFN2O2. The predicted octanol–water partition coefficient (Wildman–Crippen LogP) is 1.75. The molecule has 0 bridgehead atoms. The fraction of sp³-hybridized carbons (Fsp3) is 0.500. The maximum atomic E-state index is 13.7. The first-order valence-electron chi connectivity index (χ1n) is 6.37. The van der Waals surface area contributed by atoms with Gasteiger partial charge >= 0.3 is 0 Å². The van der Waals surface area contributed by atoms with E-state index in [1.54, 1.807) is 32.0 Å². The Morgan fingerprint density at radius 1 is 1.45 bits per heavy atom. The molecule has 1 aromatic carbocycles. The van der Waals surface area contributed by atoms with Crippen LogP contribution in [0.5, 0.6) is 0 Å². The van der Waals surface area contributed by atoms with E-state index < -0.39 is 11.9 Å². The van der Waals surface area contributed by atoms with Crippen molar-refractivity contribution in [2.75, 3.05) is 27.2 Å². The van der Waals surface area contributed by atoms with Crippen molar-refractivity contribution in [3.63, 3.8) is 0 Å². The van der Waals surface area contributed by atoms with Crippen LogP contribution in [0, 0.1) is 5.82 Å². The highest BCUT2D eigenvalue weighted by Gasteiger charge is 2.22. The van der Waals surface area contributed by atoms with Crippen LogP contribution in [-0.4, -0.2) is 54.1 Å². The minimum Gasteiger partial charge on any atom is -0.395 e. The number of carbonyl (C=O) groups excluding carboxylic acids is 1. The van der Waals surface area contributed by atoms with Crippen LogP contribution in [-0.2, 0) is 11.3 Å². The number of benzene rings is 1. The summed E-state index contributed by atoms with van der Waals surface area (Å²) < 4.78 is 13.7. The maximum Gasteiger partial charge on any atom is 0.239 e. The van der Waals surface area contributed by atoms with Crippen LogP contribution in [0.4, 0.5) is 4.39 Å². The summed E-state index contributed by atoms with van der Waals surface area (Å²) in [6, 6.07) is 4.05.